The van der Waals surface area contributed by atoms with E-state index in [4.69, 9.17) is 10.3 Å². The van der Waals surface area contributed by atoms with Crippen molar-refractivity contribution in [3.63, 3.8) is 0 Å². The minimum atomic E-state index is -0.203. The quantitative estimate of drug-likeness (QED) is 0.571. The molecule has 1 unspecified atom stereocenters. The average molecular weight is 281 g/mol. The van der Waals surface area contributed by atoms with Crippen LogP contribution in [0.1, 0.15) is 34.3 Å². The maximum absolute atomic E-state index is 5.95. The van der Waals surface area contributed by atoms with Gasteiger partial charge in [0.05, 0.1) is 0 Å². The summed E-state index contributed by atoms with van der Waals surface area (Å²) in [4.78, 5) is 4.50. The first-order chi connectivity index (χ1) is 10.1. The number of rotatable bonds is 3. The summed E-state index contributed by atoms with van der Waals surface area (Å²) >= 11 is 0. The molecule has 3 aromatic rings. The average Bonchev–Trinajstić information content (AvgIpc) is 2.84. The third-order valence-electron chi connectivity index (χ3n) is 3.72. The molecule has 0 spiro atoms. The van der Waals surface area contributed by atoms with E-state index in [-0.39, 0.29) is 6.04 Å². The van der Waals surface area contributed by atoms with E-state index in [2.05, 4.69) is 23.4 Å². The van der Waals surface area contributed by atoms with Crippen LogP contribution in [-0.4, -0.2) is 4.98 Å². The first-order valence-electron chi connectivity index (χ1n) is 6.99. The highest BCUT2D eigenvalue weighted by Crippen LogP contribution is 2.29. The van der Waals surface area contributed by atoms with Gasteiger partial charge in [0.25, 0.3) is 0 Å². The zero-order valence-corrected chi connectivity index (χ0v) is 12.5. The summed E-state index contributed by atoms with van der Waals surface area (Å²) in [7, 11) is 0. The van der Waals surface area contributed by atoms with Gasteiger partial charge in [-0.2, -0.15) is 0 Å². The molecule has 0 aliphatic rings. The van der Waals surface area contributed by atoms with Crippen LogP contribution >= 0.6 is 0 Å². The smallest absolute Gasteiger partial charge is 0.134 e. The molecule has 0 saturated heterocycles. The molecule has 0 aliphatic heterocycles. The summed E-state index contributed by atoms with van der Waals surface area (Å²) in [5.74, 6) is 6.56. The number of nitrogens with one attached hydrogen (secondary N) is 1. The van der Waals surface area contributed by atoms with Gasteiger partial charge in [0, 0.05) is 16.8 Å². The molecule has 3 N–H and O–H groups in total. The Labute approximate surface area is 124 Å². The molecule has 3 rings (SSSR count). The zero-order chi connectivity index (χ0) is 15.0. The molecule has 2 aromatic heterocycles. The van der Waals surface area contributed by atoms with Crippen molar-refractivity contribution in [1.29, 1.82) is 0 Å². The second kappa shape index (κ2) is 5.31. The molecule has 21 heavy (non-hydrogen) atoms. The Balaban J connectivity index is 2.09. The molecule has 0 bridgehead atoms. The molecule has 1 atom stereocenters. The van der Waals surface area contributed by atoms with Crippen LogP contribution in [0.4, 0.5) is 0 Å². The second-order valence-electron chi connectivity index (χ2n) is 5.42. The Kier molecular flexibility index (Phi) is 3.49. The highest BCUT2D eigenvalue weighted by atomic mass is 16.3. The van der Waals surface area contributed by atoms with E-state index in [9.17, 15) is 0 Å². The predicted molar refractivity (Wildman–Crippen MR) is 83.8 cm³/mol. The van der Waals surface area contributed by atoms with Crippen molar-refractivity contribution in [3.05, 3.63) is 64.7 Å². The number of furan rings is 1. The number of nitrogens with zero attached hydrogens (tertiary/aromatic N) is 1. The normalized spacial score (nSPS) is 12.8. The van der Waals surface area contributed by atoms with Crippen molar-refractivity contribution >= 4 is 11.0 Å². The highest BCUT2D eigenvalue weighted by Gasteiger charge is 2.19. The van der Waals surface area contributed by atoms with E-state index in [1.54, 1.807) is 0 Å². The van der Waals surface area contributed by atoms with Crippen LogP contribution in [0.2, 0.25) is 0 Å². The van der Waals surface area contributed by atoms with Gasteiger partial charge in [0.2, 0.25) is 0 Å². The monoisotopic (exact) mass is 281 g/mol. The Morgan fingerprint density at radius 2 is 1.90 bits per heavy atom. The molecular weight excluding hydrogens is 262 g/mol. The van der Waals surface area contributed by atoms with Crippen LogP contribution < -0.4 is 11.3 Å². The lowest BCUT2D eigenvalue weighted by Crippen LogP contribution is -2.29. The van der Waals surface area contributed by atoms with E-state index >= 15 is 0 Å². The molecule has 4 heteroatoms. The lowest BCUT2D eigenvalue weighted by Gasteiger charge is -2.16. The molecule has 4 nitrogen and oxygen atoms in total. The topological polar surface area (TPSA) is 64.1 Å². The second-order valence-corrected chi connectivity index (χ2v) is 5.42. The van der Waals surface area contributed by atoms with Crippen LogP contribution in [0.5, 0.6) is 0 Å². The van der Waals surface area contributed by atoms with Crippen LogP contribution in [0.15, 0.2) is 40.8 Å². The van der Waals surface area contributed by atoms with Gasteiger partial charge in [-0.05, 0) is 50.6 Å². The SMILES string of the molecule is Cc1ccc2oc(C(NN)c3ccc(C)nc3C)cc2c1. The fraction of sp³-hybridized carbons (Fsp3) is 0.235. The number of pyridine rings is 1. The minimum Gasteiger partial charge on any atom is -0.459 e. The van der Waals surface area contributed by atoms with Gasteiger partial charge < -0.3 is 4.42 Å². The fourth-order valence-corrected chi connectivity index (χ4v) is 2.65. The highest BCUT2D eigenvalue weighted by molar-refractivity contribution is 5.79. The molecular formula is C17H19N3O. The molecule has 0 aliphatic carbocycles. The first-order valence-corrected chi connectivity index (χ1v) is 6.99. The largest absolute Gasteiger partial charge is 0.459 e. The van der Waals surface area contributed by atoms with Crippen molar-refractivity contribution < 1.29 is 4.42 Å². The first kappa shape index (κ1) is 13.8. The van der Waals surface area contributed by atoms with Gasteiger partial charge in [-0.1, -0.05) is 17.7 Å². The summed E-state index contributed by atoms with van der Waals surface area (Å²) in [5, 5.41) is 1.09. The Hall–Kier alpha value is -2.17. The molecule has 2 heterocycles. The van der Waals surface area contributed by atoms with E-state index in [0.717, 1.165) is 33.7 Å². The van der Waals surface area contributed by atoms with Gasteiger partial charge in [-0.25, -0.2) is 5.43 Å². The fourth-order valence-electron chi connectivity index (χ4n) is 2.65. The van der Waals surface area contributed by atoms with Crippen LogP contribution in [0, 0.1) is 20.8 Å². The third-order valence-corrected chi connectivity index (χ3v) is 3.72. The van der Waals surface area contributed by atoms with Crippen molar-refractivity contribution in [2.75, 3.05) is 0 Å². The van der Waals surface area contributed by atoms with Gasteiger partial charge in [0.1, 0.15) is 17.4 Å². The van der Waals surface area contributed by atoms with Crippen LogP contribution in [0.3, 0.4) is 0 Å². The van der Waals surface area contributed by atoms with Crippen LogP contribution in [0.25, 0.3) is 11.0 Å². The van der Waals surface area contributed by atoms with Gasteiger partial charge in [-0.15, -0.1) is 0 Å². The van der Waals surface area contributed by atoms with Gasteiger partial charge >= 0.3 is 0 Å². The number of hydrogen-bond donors (Lipinski definition) is 2. The minimum absolute atomic E-state index is 0.203. The third kappa shape index (κ3) is 2.55. The molecule has 0 fully saturated rings. The Morgan fingerprint density at radius 3 is 2.62 bits per heavy atom. The number of benzene rings is 1. The van der Waals surface area contributed by atoms with Crippen molar-refractivity contribution in [2.24, 2.45) is 5.84 Å². The van der Waals surface area contributed by atoms with Crippen molar-refractivity contribution in [3.8, 4) is 0 Å². The zero-order valence-electron chi connectivity index (χ0n) is 12.5. The Morgan fingerprint density at radius 1 is 1.10 bits per heavy atom. The lowest BCUT2D eigenvalue weighted by atomic mass is 10.0. The summed E-state index contributed by atoms with van der Waals surface area (Å²) in [5.41, 5.74) is 7.89. The molecule has 108 valence electrons. The standard InChI is InChI=1S/C17H19N3O/c1-10-4-7-15-13(8-10)9-16(21-15)17(20-18)14-6-5-11(2)19-12(14)3/h4-9,17,20H,18H2,1-3H3. The number of aryl methyl sites for hydroxylation is 3. The van der Waals surface area contributed by atoms with E-state index < -0.39 is 0 Å². The van der Waals surface area contributed by atoms with Gasteiger partial charge in [-0.3, -0.25) is 10.8 Å². The summed E-state index contributed by atoms with van der Waals surface area (Å²) < 4.78 is 5.95. The molecule has 0 radical (unpaired) electrons. The van der Waals surface area contributed by atoms with E-state index in [0.29, 0.717) is 0 Å². The lowest BCUT2D eigenvalue weighted by molar-refractivity contribution is 0.475. The Bertz CT molecular complexity index is 792. The summed E-state index contributed by atoms with van der Waals surface area (Å²) in [6, 6.07) is 12.0. The summed E-state index contributed by atoms with van der Waals surface area (Å²) in [6.45, 7) is 6.03. The van der Waals surface area contributed by atoms with Crippen LogP contribution in [-0.2, 0) is 0 Å². The molecule has 1 aromatic carbocycles. The van der Waals surface area contributed by atoms with E-state index in [1.165, 1.54) is 5.56 Å². The van der Waals surface area contributed by atoms with Gasteiger partial charge in [0.15, 0.2) is 0 Å². The van der Waals surface area contributed by atoms with Crippen molar-refractivity contribution in [1.82, 2.24) is 10.4 Å². The maximum atomic E-state index is 5.95. The van der Waals surface area contributed by atoms with Crippen molar-refractivity contribution in [2.45, 2.75) is 26.8 Å². The number of fused-ring (bicyclic) bond motifs is 1. The number of hydrazine groups is 1. The number of aromatic nitrogens is 1. The predicted octanol–water partition coefficient (Wildman–Crippen LogP) is 3.31. The number of nitrogens with two attached hydrogens (primary N) is 1. The molecule has 0 amide bonds. The van der Waals surface area contributed by atoms with E-state index in [1.807, 2.05) is 44.2 Å². The summed E-state index contributed by atoms with van der Waals surface area (Å²) in [6.07, 6.45) is 0. The number of hydrogen-bond acceptors (Lipinski definition) is 4. The molecule has 0 saturated carbocycles. The maximum Gasteiger partial charge on any atom is 0.134 e.